The monoisotopic (exact) mass is 541 g/mol. The van der Waals surface area contributed by atoms with Crippen molar-refractivity contribution in [3.05, 3.63) is 113 Å². The topological polar surface area (TPSA) is 45.6 Å². The molecule has 36 heavy (non-hydrogen) atoms. The molecule has 5 rings (SSSR count). The Bertz CT molecular complexity index is 1400. The third kappa shape index (κ3) is 6.51. The van der Waals surface area contributed by atoms with E-state index < -0.39 is 10.0 Å². The zero-order chi connectivity index (χ0) is 25.5. The second-order valence-corrected chi connectivity index (χ2v) is 11.3. The zero-order valence-corrected chi connectivity index (χ0v) is 22.3. The van der Waals surface area contributed by atoms with E-state index in [4.69, 9.17) is 23.2 Å². The summed E-state index contributed by atoms with van der Waals surface area (Å²) in [6.07, 6.45) is 3.08. The Morgan fingerprint density at radius 2 is 1.50 bits per heavy atom. The lowest BCUT2D eigenvalue weighted by atomic mass is 10.1. The molecule has 0 unspecified atom stereocenters. The Morgan fingerprint density at radius 1 is 0.833 bits per heavy atom. The van der Waals surface area contributed by atoms with Crippen molar-refractivity contribution < 1.29 is 8.42 Å². The molecule has 1 fully saturated rings. The predicted octanol–water partition coefficient (Wildman–Crippen LogP) is 6.32. The van der Waals surface area contributed by atoms with Gasteiger partial charge in [0.25, 0.3) is 0 Å². The van der Waals surface area contributed by atoms with Crippen LogP contribution in [0.1, 0.15) is 5.56 Å². The van der Waals surface area contributed by atoms with E-state index in [1.807, 2.05) is 30.3 Å². The molecule has 1 aliphatic heterocycles. The van der Waals surface area contributed by atoms with Crippen molar-refractivity contribution >= 4 is 49.8 Å². The normalized spacial score (nSPS) is 14.3. The average molecular weight is 543 g/mol. The molecule has 0 spiro atoms. The molecule has 0 bridgehead atoms. The molecule has 0 atom stereocenters. The largest absolute Gasteiger partial charge is 0.368 e. The van der Waals surface area contributed by atoms with Crippen LogP contribution in [0.15, 0.2) is 97.7 Å². The molecule has 0 radical (unpaired) electrons. The standard InChI is InChI=1S/C22H25N3O2S.C6H4Cl2/c1-2-17-28(26,27)25-12-11-20-21(9-6-10-22(20)25)24-15-13-23(14-16-24)18-19-7-4-3-5-8-19;7-5-2-1-3-6(8)4-5/h2-12H,1,13-18H2;1-4H. The molecule has 0 aliphatic carbocycles. The van der Waals surface area contributed by atoms with Crippen LogP contribution >= 0.6 is 23.2 Å². The van der Waals surface area contributed by atoms with Crippen molar-refractivity contribution in [1.82, 2.24) is 8.87 Å². The van der Waals surface area contributed by atoms with Gasteiger partial charge in [0.15, 0.2) is 0 Å². The number of nitrogens with zero attached hydrogens (tertiary/aromatic N) is 3. The number of aromatic nitrogens is 1. The number of piperazine rings is 1. The first-order chi connectivity index (χ1) is 17.4. The Morgan fingerprint density at radius 3 is 2.11 bits per heavy atom. The van der Waals surface area contributed by atoms with E-state index >= 15 is 0 Å². The molecule has 1 aliphatic rings. The molecular weight excluding hydrogens is 513 g/mol. The number of hydrogen-bond donors (Lipinski definition) is 0. The second kappa shape index (κ2) is 12.0. The van der Waals surface area contributed by atoms with Gasteiger partial charge < -0.3 is 4.90 Å². The fourth-order valence-corrected chi connectivity index (χ4v) is 5.92. The second-order valence-electron chi connectivity index (χ2n) is 8.58. The fourth-order valence-electron chi connectivity index (χ4n) is 4.32. The van der Waals surface area contributed by atoms with E-state index in [0.29, 0.717) is 10.0 Å². The van der Waals surface area contributed by atoms with Gasteiger partial charge in [-0.1, -0.05) is 71.7 Å². The van der Waals surface area contributed by atoms with E-state index in [0.717, 1.165) is 49.3 Å². The van der Waals surface area contributed by atoms with Crippen molar-refractivity contribution in [3.63, 3.8) is 0 Å². The third-order valence-electron chi connectivity index (χ3n) is 6.05. The zero-order valence-electron chi connectivity index (χ0n) is 19.9. The number of benzene rings is 3. The Balaban J connectivity index is 0.000000325. The van der Waals surface area contributed by atoms with Crippen LogP contribution in [0.25, 0.3) is 10.9 Å². The molecule has 1 saturated heterocycles. The molecule has 8 heteroatoms. The van der Waals surface area contributed by atoms with E-state index in [2.05, 4.69) is 46.7 Å². The summed E-state index contributed by atoms with van der Waals surface area (Å²) < 4.78 is 26.3. The van der Waals surface area contributed by atoms with Crippen molar-refractivity contribution in [3.8, 4) is 0 Å². The van der Waals surface area contributed by atoms with Crippen LogP contribution in [-0.2, 0) is 16.6 Å². The van der Waals surface area contributed by atoms with Crippen LogP contribution in [0.3, 0.4) is 0 Å². The Labute approximate surface area is 223 Å². The molecule has 1 aromatic heterocycles. The number of fused-ring (bicyclic) bond motifs is 1. The summed E-state index contributed by atoms with van der Waals surface area (Å²) in [6, 6.07) is 25.4. The highest BCUT2D eigenvalue weighted by atomic mass is 35.5. The summed E-state index contributed by atoms with van der Waals surface area (Å²) in [5, 5.41) is 2.33. The van der Waals surface area contributed by atoms with Gasteiger partial charge in [0.1, 0.15) is 0 Å². The average Bonchev–Trinajstić information content (AvgIpc) is 3.31. The minimum atomic E-state index is -3.41. The highest BCUT2D eigenvalue weighted by molar-refractivity contribution is 7.90. The van der Waals surface area contributed by atoms with Gasteiger partial charge in [-0.2, -0.15) is 0 Å². The van der Waals surface area contributed by atoms with Gasteiger partial charge in [0.2, 0.25) is 10.0 Å². The van der Waals surface area contributed by atoms with Crippen LogP contribution in [0.5, 0.6) is 0 Å². The first kappa shape index (κ1) is 26.3. The lowest BCUT2D eigenvalue weighted by Crippen LogP contribution is -2.46. The summed E-state index contributed by atoms with van der Waals surface area (Å²) in [7, 11) is -3.41. The van der Waals surface area contributed by atoms with Gasteiger partial charge in [-0.15, -0.1) is 6.58 Å². The predicted molar refractivity (Wildman–Crippen MR) is 152 cm³/mol. The molecule has 188 valence electrons. The number of hydrogen-bond acceptors (Lipinski definition) is 4. The number of halogens is 2. The highest BCUT2D eigenvalue weighted by Gasteiger charge is 2.21. The van der Waals surface area contributed by atoms with E-state index in [1.54, 1.807) is 24.4 Å². The first-order valence-electron chi connectivity index (χ1n) is 11.7. The molecule has 0 saturated carbocycles. The molecule has 3 aromatic carbocycles. The summed E-state index contributed by atoms with van der Waals surface area (Å²) in [5.74, 6) is -0.0703. The van der Waals surface area contributed by atoms with Crippen molar-refractivity contribution in [2.75, 3.05) is 36.8 Å². The third-order valence-corrected chi connectivity index (χ3v) is 8.10. The van der Waals surface area contributed by atoms with Crippen molar-refractivity contribution in [1.29, 1.82) is 0 Å². The first-order valence-corrected chi connectivity index (χ1v) is 14.1. The Kier molecular flexibility index (Phi) is 8.75. The Hall–Kier alpha value is -2.77. The van der Waals surface area contributed by atoms with Crippen LogP contribution in [0.4, 0.5) is 5.69 Å². The van der Waals surface area contributed by atoms with Crippen molar-refractivity contribution in [2.24, 2.45) is 0 Å². The van der Waals surface area contributed by atoms with Gasteiger partial charge >= 0.3 is 0 Å². The summed E-state index contributed by atoms with van der Waals surface area (Å²) >= 11 is 11.1. The van der Waals surface area contributed by atoms with Crippen molar-refractivity contribution in [2.45, 2.75) is 6.54 Å². The molecule has 5 nitrogen and oxygen atoms in total. The van der Waals surface area contributed by atoms with E-state index in [-0.39, 0.29) is 5.75 Å². The van der Waals surface area contributed by atoms with Crippen LogP contribution in [-0.4, -0.2) is 49.2 Å². The molecule has 2 heterocycles. The van der Waals surface area contributed by atoms with Gasteiger partial charge in [0, 0.05) is 60.0 Å². The number of anilines is 1. The van der Waals surface area contributed by atoms with Gasteiger partial charge in [-0.3, -0.25) is 4.90 Å². The highest BCUT2D eigenvalue weighted by Crippen LogP contribution is 2.29. The molecule has 4 aromatic rings. The molecule has 0 amide bonds. The summed E-state index contributed by atoms with van der Waals surface area (Å²) in [5.41, 5.74) is 3.16. The smallest absolute Gasteiger partial charge is 0.242 e. The van der Waals surface area contributed by atoms with Gasteiger partial charge in [0.05, 0.1) is 11.3 Å². The van der Waals surface area contributed by atoms with E-state index in [1.165, 1.54) is 15.6 Å². The van der Waals surface area contributed by atoms with Gasteiger partial charge in [-0.25, -0.2) is 12.4 Å². The number of rotatable bonds is 6. The maximum Gasteiger partial charge on any atom is 0.242 e. The van der Waals surface area contributed by atoms with Gasteiger partial charge in [-0.05, 0) is 42.0 Å². The minimum Gasteiger partial charge on any atom is -0.368 e. The molecular formula is C28H29Cl2N3O2S. The summed E-state index contributed by atoms with van der Waals surface area (Å²) in [6.45, 7) is 8.35. The van der Waals surface area contributed by atoms with Crippen LogP contribution < -0.4 is 4.90 Å². The maximum atomic E-state index is 12.5. The molecule has 0 N–H and O–H groups in total. The lowest BCUT2D eigenvalue weighted by molar-refractivity contribution is 0.250. The van der Waals surface area contributed by atoms with Crippen LogP contribution in [0, 0.1) is 0 Å². The lowest BCUT2D eigenvalue weighted by Gasteiger charge is -2.36. The minimum absolute atomic E-state index is 0.0703. The SMILES string of the molecule is C=CCS(=O)(=O)n1ccc2c(N3CCN(Cc4ccccc4)CC3)cccc21.Clc1cccc(Cl)c1. The van der Waals surface area contributed by atoms with E-state index in [9.17, 15) is 8.42 Å². The quantitative estimate of drug-likeness (QED) is 0.268. The van der Waals surface area contributed by atoms with Crippen LogP contribution in [0.2, 0.25) is 10.0 Å². The fraction of sp³-hybridized carbons (Fsp3) is 0.214. The maximum absolute atomic E-state index is 12.5. The summed E-state index contributed by atoms with van der Waals surface area (Å²) in [4.78, 5) is 4.82.